The SMILES string of the molecule is CCCC(c1ccc(C(F)(F)F)cc1)N1CC[C@H](CC(=O)O)C[C@@H]1C1C=CC(C(F)(F)F)=CC1. The molecule has 2 unspecified atom stereocenters. The molecule has 4 atom stereocenters. The highest BCUT2D eigenvalue weighted by atomic mass is 19.4. The summed E-state index contributed by atoms with van der Waals surface area (Å²) in [5.41, 5.74) is -0.702. The summed E-state index contributed by atoms with van der Waals surface area (Å²) in [6.07, 6.45) is -2.31. The van der Waals surface area contributed by atoms with E-state index in [-0.39, 0.29) is 36.8 Å². The molecule has 0 aromatic heterocycles. The van der Waals surface area contributed by atoms with E-state index in [1.54, 1.807) is 6.08 Å². The van der Waals surface area contributed by atoms with Gasteiger partial charge in [-0.15, -0.1) is 0 Å². The number of benzene rings is 1. The fourth-order valence-corrected chi connectivity index (χ4v) is 5.16. The molecule has 3 rings (SSSR count). The van der Waals surface area contributed by atoms with E-state index < -0.39 is 29.5 Å². The van der Waals surface area contributed by atoms with Crippen LogP contribution >= 0.6 is 0 Å². The molecule has 1 heterocycles. The number of alkyl halides is 6. The summed E-state index contributed by atoms with van der Waals surface area (Å²) < 4.78 is 78.4. The maximum Gasteiger partial charge on any atom is 0.416 e. The van der Waals surface area contributed by atoms with Crippen molar-refractivity contribution in [3.63, 3.8) is 0 Å². The van der Waals surface area contributed by atoms with Gasteiger partial charge in [-0.3, -0.25) is 9.69 Å². The average molecular weight is 490 g/mol. The van der Waals surface area contributed by atoms with Gasteiger partial charge in [-0.2, -0.15) is 26.3 Å². The molecule has 1 fully saturated rings. The monoisotopic (exact) mass is 489 g/mol. The third kappa shape index (κ3) is 6.43. The summed E-state index contributed by atoms with van der Waals surface area (Å²) in [7, 11) is 0. The summed E-state index contributed by atoms with van der Waals surface area (Å²) >= 11 is 0. The van der Waals surface area contributed by atoms with Crippen LogP contribution in [-0.4, -0.2) is 34.7 Å². The van der Waals surface area contributed by atoms with E-state index in [1.807, 2.05) is 6.92 Å². The lowest BCUT2D eigenvalue weighted by atomic mass is 9.78. The van der Waals surface area contributed by atoms with Crippen molar-refractivity contribution in [3.05, 3.63) is 59.2 Å². The molecule has 1 aromatic carbocycles. The third-order valence-electron chi connectivity index (χ3n) is 6.80. The zero-order valence-electron chi connectivity index (χ0n) is 18.9. The maximum atomic E-state index is 13.1. The maximum absolute atomic E-state index is 13.1. The number of allylic oxidation sites excluding steroid dienone is 3. The highest BCUT2D eigenvalue weighted by Gasteiger charge is 2.40. The van der Waals surface area contributed by atoms with E-state index in [9.17, 15) is 36.2 Å². The van der Waals surface area contributed by atoms with Crippen molar-refractivity contribution in [2.24, 2.45) is 11.8 Å². The molecule has 0 bridgehead atoms. The molecule has 0 saturated carbocycles. The molecule has 0 spiro atoms. The number of aliphatic carboxylic acids is 1. The molecule has 1 aliphatic heterocycles. The minimum atomic E-state index is -4.44. The smallest absolute Gasteiger partial charge is 0.416 e. The molecule has 1 aromatic rings. The molecule has 0 radical (unpaired) electrons. The van der Waals surface area contributed by atoms with E-state index in [1.165, 1.54) is 18.2 Å². The molecular weight excluding hydrogens is 460 g/mol. The van der Waals surface area contributed by atoms with Crippen LogP contribution in [0.2, 0.25) is 0 Å². The Bertz CT molecular complexity index is 903. The topological polar surface area (TPSA) is 40.5 Å². The molecular formula is C25H29F6NO2. The first kappa shape index (κ1) is 26.3. The van der Waals surface area contributed by atoms with Crippen LogP contribution in [-0.2, 0) is 11.0 Å². The van der Waals surface area contributed by atoms with E-state index in [4.69, 9.17) is 0 Å². The van der Waals surface area contributed by atoms with Crippen molar-refractivity contribution in [2.45, 2.75) is 69.9 Å². The Morgan fingerprint density at radius 1 is 1.12 bits per heavy atom. The van der Waals surface area contributed by atoms with Crippen molar-refractivity contribution >= 4 is 5.97 Å². The summed E-state index contributed by atoms with van der Waals surface area (Å²) in [5, 5.41) is 9.26. The Morgan fingerprint density at radius 2 is 1.79 bits per heavy atom. The normalized spacial score (nSPS) is 25.1. The lowest BCUT2D eigenvalue weighted by Gasteiger charge is -2.47. The number of halogens is 6. The zero-order valence-corrected chi connectivity index (χ0v) is 18.9. The Balaban J connectivity index is 1.89. The summed E-state index contributed by atoms with van der Waals surface area (Å²) in [4.78, 5) is 13.5. The molecule has 3 nitrogen and oxygen atoms in total. The van der Waals surface area contributed by atoms with Gasteiger partial charge in [0.15, 0.2) is 0 Å². The highest BCUT2D eigenvalue weighted by molar-refractivity contribution is 5.67. The summed E-state index contributed by atoms with van der Waals surface area (Å²) in [6, 6.07) is 4.65. The van der Waals surface area contributed by atoms with Crippen LogP contribution in [0.5, 0.6) is 0 Å². The second-order valence-corrected chi connectivity index (χ2v) is 9.13. The standard InChI is InChI=1S/C25H29F6NO2/c1-2-3-21(17-4-8-19(9-5-17)24(26,27)28)32-13-12-16(15-23(33)34)14-22(32)18-6-10-20(11-7-18)25(29,30)31/h4-6,8-11,16,18,21-22H,2-3,7,12-15H2,1H3,(H,33,34)/t16-,18?,21?,22+/m0/s1. The van der Waals surface area contributed by atoms with Crippen LogP contribution in [0.4, 0.5) is 26.3 Å². The van der Waals surface area contributed by atoms with Crippen LogP contribution in [0.3, 0.4) is 0 Å². The molecule has 9 heteroatoms. The van der Waals surface area contributed by atoms with E-state index >= 15 is 0 Å². The van der Waals surface area contributed by atoms with Gasteiger partial charge in [0.05, 0.1) is 11.1 Å². The fraction of sp³-hybridized carbons (Fsp3) is 0.560. The van der Waals surface area contributed by atoms with Crippen LogP contribution in [0, 0.1) is 11.8 Å². The van der Waals surface area contributed by atoms with E-state index in [0.717, 1.165) is 30.2 Å². The Hall–Kier alpha value is -2.29. The Kier molecular flexibility index (Phi) is 8.16. The largest absolute Gasteiger partial charge is 0.481 e. The number of likely N-dealkylation sites (tertiary alicyclic amines) is 1. The second kappa shape index (κ2) is 10.5. The molecule has 1 saturated heterocycles. The predicted molar refractivity (Wildman–Crippen MR) is 116 cm³/mol. The molecule has 188 valence electrons. The minimum absolute atomic E-state index is 0.0108. The number of carboxylic acid groups (broad SMARTS) is 1. The quantitative estimate of drug-likeness (QED) is 0.413. The molecule has 0 amide bonds. The van der Waals surface area contributed by atoms with Crippen LogP contribution in [0.1, 0.15) is 62.6 Å². The highest BCUT2D eigenvalue weighted by Crippen LogP contribution is 2.41. The van der Waals surface area contributed by atoms with Crippen molar-refractivity contribution < 1.29 is 36.2 Å². The first-order valence-corrected chi connectivity index (χ1v) is 11.5. The van der Waals surface area contributed by atoms with Crippen molar-refractivity contribution in [3.8, 4) is 0 Å². The van der Waals surface area contributed by atoms with Crippen molar-refractivity contribution in [1.82, 2.24) is 4.90 Å². The number of hydrogen-bond acceptors (Lipinski definition) is 2. The van der Waals surface area contributed by atoms with Crippen molar-refractivity contribution in [2.75, 3.05) is 6.54 Å². The Labute approximate surface area is 195 Å². The number of carbonyl (C=O) groups is 1. The second-order valence-electron chi connectivity index (χ2n) is 9.13. The number of rotatable bonds is 7. The lowest BCUT2D eigenvalue weighted by Crippen LogP contribution is -2.48. The van der Waals surface area contributed by atoms with Gasteiger partial charge in [0.2, 0.25) is 0 Å². The molecule has 34 heavy (non-hydrogen) atoms. The molecule has 1 N–H and O–H groups in total. The number of hydrogen-bond donors (Lipinski definition) is 1. The van der Waals surface area contributed by atoms with Gasteiger partial charge in [0, 0.05) is 18.5 Å². The van der Waals surface area contributed by atoms with E-state index in [2.05, 4.69) is 4.90 Å². The third-order valence-corrected chi connectivity index (χ3v) is 6.80. The molecule has 1 aliphatic carbocycles. The van der Waals surface area contributed by atoms with Gasteiger partial charge in [-0.25, -0.2) is 0 Å². The lowest BCUT2D eigenvalue weighted by molar-refractivity contribution is -0.139. The first-order chi connectivity index (χ1) is 15.9. The first-order valence-electron chi connectivity index (χ1n) is 11.5. The van der Waals surface area contributed by atoms with Gasteiger partial charge in [0.1, 0.15) is 0 Å². The average Bonchev–Trinajstić information content (AvgIpc) is 2.76. The summed E-state index contributed by atoms with van der Waals surface area (Å²) in [6.45, 7) is 2.51. The van der Waals surface area contributed by atoms with Gasteiger partial charge < -0.3 is 5.11 Å². The predicted octanol–water partition coefficient (Wildman–Crippen LogP) is 7.17. The van der Waals surface area contributed by atoms with E-state index in [0.29, 0.717) is 25.8 Å². The van der Waals surface area contributed by atoms with Gasteiger partial charge >= 0.3 is 18.3 Å². The Morgan fingerprint density at radius 3 is 2.29 bits per heavy atom. The number of piperidine rings is 1. The number of carboxylic acids is 1. The minimum Gasteiger partial charge on any atom is -0.481 e. The van der Waals surface area contributed by atoms with Crippen LogP contribution < -0.4 is 0 Å². The van der Waals surface area contributed by atoms with Gasteiger partial charge in [-0.1, -0.05) is 43.7 Å². The van der Waals surface area contributed by atoms with Crippen molar-refractivity contribution in [1.29, 1.82) is 0 Å². The van der Waals surface area contributed by atoms with Crippen LogP contribution in [0.25, 0.3) is 0 Å². The number of nitrogens with zero attached hydrogens (tertiary/aromatic N) is 1. The fourth-order valence-electron chi connectivity index (χ4n) is 5.16. The van der Waals surface area contributed by atoms with Crippen LogP contribution in [0.15, 0.2) is 48.1 Å². The van der Waals surface area contributed by atoms with Gasteiger partial charge in [-0.05, 0) is 61.8 Å². The molecule has 2 aliphatic rings. The van der Waals surface area contributed by atoms with Gasteiger partial charge in [0.25, 0.3) is 0 Å². The summed E-state index contributed by atoms with van der Waals surface area (Å²) in [5.74, 6) is -1.25. The zero-order chi connectivity index (χ0) is 25.1.